The standard InChI is InChI=1S/C6H14N2.ClH/c1-3-5-7-8-6-4-2;/h3-6H2,1-2H3;1H. The topological polar surface area (TPSA) is 24.7 Å². The lowest BCUT2D eigenvalue weighted by Gasteiger charge is -1.83. The number of hydrogen-bond acceptors (Lipinski definition) is 2. The maximum atomic E-state index is 3.90. The fourth-order valence-corrected chi connectivity index (χ4v) is 0.341. The zero-order valence-electron chi connectivity index (χ0n) is 6.13. The lowest BCUT2D eigenvalue weighted by molar-refractivity contribution is 0.792. The molecule has 0 bridgehead atoms. The van der Waals surface area contributed by atoms with Gasteiger partial charge in [0.15, 0.2) is 0 Å². The van der Waals surface area contributed by atoms with Crippen molar-refractivity contribution in [2.24, 2.45) is 10.2 Å². The lowest BCUT2D eigenvalue weighted by Crippen LogP contribution is -1.75. The van der Waals surface area contributed by atoms with Crippen LogP contribution in [0.3, 0.4) is 0 Å². The first-order chi connectivity index (χ1) is 3.91. The van der Waals surface area contributed by atoms with Crippen molar-refractivity contribution in [3.63, 3.8) is 0 Å². The Balaban J connectivity index is 0. The highest BCUT2D eigenvalue weighted by Gasteiger charge is 1.73. The van der Waals surface area contributed by atoms with Gasteiger partial charge in [0.1, 0.15) is 0 Å². The van der Waals surface area contributed by atoms with E-state index in [1.165, 1.54) is 0 Å². The van der Waals surface area contributed by atoms with Gasteiger partial charge in [-0.25, -0.2) is 0 Å². The molecule has 0 atom stereocenters. The molecule has 56 valence electrons. The molecule has 0 spiro atoms. The van der Waals surface area contributed by atoms with E-state index in [0.717, 1.165) is 25.9 Å². The summed E-state index contributed by atoms with van der Waals surface area (Å²) in [6, 6.07) is 0. The molecular formula is C6H15ClN2. The van der Waals surface area contributed by atoms with Crippen LogP contribution in [0, 0.1) is 0 Å². The molecule has 0 heterocycles. The van der Waals surface area contributed by atoms with Gasteiger partial charge in [-0.1, -0.05) is 13.8 Å². The van der Waals surface area contributed by atoms with Gasteiger partial charge >= 0.3 is 0 Å². The monoisotopic (exact) mass is 150 g/mol. The average Bonchev–Trinajstić information content (AvgIpc) is 1.81. The zero-order chi connectivity index (χ0) is 6.24. The Bertz CT molecular complexity index is 56.1. The Morgan fingerprint density at radius 3 is 1.44 bits per heavy atom. The van der Waals surface area contributed by atoms with Crippen LogP contribution >= 0.6 is 12.4 Å². The van der Waals surface area contributed by atoms with E-state index in [4.69, 9.17) is 0 Å². The minimum absolute atomic E-state index is 0. The van der Waals surface area contributed by atoms with Crippen LogP contribution in [0.25, 0.3) is 0 Å². The number of nitrogens with zero attached hydrogens (tertiary/aromatic N) is 2. The Kier molecular flexibility index (Phi) is 14.0. The van der Waals surface area contributed by atoms with Crippen LogP contribution in [-0.4, -0.2) is 13.1 Å². The summed E-state index contributed by atoms with van der Waals surface area (Å²) in [4.78, 5) is 0. The van der Waals surface area contributed by atoms with Gasteiger partial charge in [-0.15, -0.1) is 12.4 Å². The summed E-state index contributed by atoms with van der Waals surface area (Å²) in [6.07, 6.45) is 2.21. The third-order valence-corrected chi connectivity index (χ3v) is 0.747. The highest BCUT2D eigenvalue weighted by atomic mass is 35.5. The van der Waals surface area contributed by atoms with Crippen molar-refractivity contribution in [3.05, 3.63) is 0 Å². The van der Waals surface area contributed by atoms with Gasteiger partial charge in [-0.2, -0.15) is 10.2 Å². The minimum atomic E-state index is 0. The third kappa shape index (κ3) is 11.4. The van der Waals surface area contributed by atoms with Crippen molar-refractivity contribution < 1.29 is 0 Å². The third-order valence-electron chi connectivity index (χ3n) is 0.747. The van der Waals surface area contributed by atoms with Crippen LogP contribution < -0.4 is 0 Å². The van der Waals surface area contributed by atoms with Gasteiger partial charge in [-0.05, 0) is 12.8 Å². The van der Waals surface area contributed by atoms with E-state index < -0.39 is 0 Å². The number of halogens is 1. The Hall–Kier alpha value is -0.110. The van der Waals surface area contributed by atoms with Gasteiger partial charge in [0, 0.05) is 0 Å². The first-order valence-corrected chi connectivity index (χ1v) is 3.25. The molecule has 0 aliphatic heterocycles. The van der Waals surface area contributed by atoms with Crippen molar-refractivity contribution in [2.75, 3.05) is 13.1 Å². The summed E-state index contributed by atoms with van der Waals surface area (Å²) in [5.74, 6) is 0. The molecule has 0 fully saturated rings. The quantitative estimate of drug-likeness (QED) is 0.551. The van der Waals surface area contributed by atoms with Gasteiger partial charge in [-0.3, -0.25) is 0 Å². The van der Waals surface area contributed by atoms with E-state index in [9.17, 15) is 0 Å². The van der Waals surface area contributed by atoms with Gasteiger partial charge in [0.05, 0.1) is 13.1 Å². The molecule has 0 amide bonds. The summed E-state index contributed by atoms with van der Waals surface area (Å²) < 4.78 is 0. The predicted molar refractivity (Wildman–Crippen MR) is 42.4 cm³/mol. The maximum Gasteiger partial charge on any atom is 0.0596 e. The van der Waals surface area contributed by atoms with Crippen LogP contribution in [0.2, 0.25) is 0 Å². The van der Waals surface area contributed by atoms with E-state index in [0.29, 0.717) is 0 Å². The molecule has 0 radical (unpaired) electrons. The van der Waals surface area contributed by atoms with Crippen LogP contribution in [0.15, 0.2) is 10.2 Å². The maximum absolute atomic E-state index is 3.90. The molecular weight excluding hydrogens is 136 g/mol. The van der Waals surface area contributed by atoms with Gasteiger partial charge in [0.2, 0.25) is 0 Å². The lowest BCUT2D eigenvalue weighted by atomic mass is 10.5. The van der Waals surface area contributed by atoms with E-state index >= 15 is 0 Å². The highest BCUT2D eigenvalue weighted by Crippen LogP contribution is 1.82. The summed E-state index contributed by atoms with van der Waals surface area (Å²) in [5, 5.41) is 7.81. The zero-order valence-corrected chi connectivity index (χ0v) is 6.95. The van der Waals surface area contributed by atoms with E-state index in [1.54, 1.807) is 0 Å². The number of rotatable bonds is 4. The molecule has 0 saturated heterocycles. The molecule has 0 aliphatic rings. The Morgan fingerprint density at radius 1 is 0.889 bits per heavy atom. The normalized spacial score (nSPS) is 9.56. The first-order valence-electron chi connectivity index (χ1n) is 3.25. The second kappa shape index (κ2) is 10.8. The van der Waals surface area contributed by atoms with E-state index in [1.807, 2.05) is 0 Å². The molecule has 0 aromatic carbocycles. The first kappa shape index (κ1) is 11.7. The molecule has 9 heavy (non-hydrogen) atoms. The molecule has 0 unspecified atom stereocenters. The molecule has 3 heteroatoms. The summed E-state index contributed by atoms with van der Waals surface area (Å²) >= 11 is 0. The molecule has 0 aromatic heterocycles. The van der Waals surface area contributed by atoms with Crippen molar-refractivity contribution >= 4 is 12.4 Å². The van der Waals surface area contributed by atoms with E-state index in [-0.39, 0.29) is 12.4 Å². The van der Waals surface area contributed by atoms with Crippen LogP contribution in [0.5, 0.6) is 0 Å². The molecule has 0 rings (SSSR count). The second-order valence-corrected chi connectivity index (χ2v) is 1.73. The van der Waals surface area contributed by atoms with Crippen molar-refractivity contribution in [3.8, 4) is 0 Å². The van der Waals surface area contributed by atoms with Crippen molar-refractivity contribution in [1.29, 1.82) is 0 Å². The second-order valence-electron chi connectivity index (χ2n) is 1.73. The smallest absolute Gasteiger partial charge is 0.0596 e. The van der Waals surface area contributed by atoms with Crippen molar-refractivity contribution in [2.45, 2.75) is 26.7 Å². The Labute approximate surface area is 63.2 Å². The van der Waals surface area contributed by atoms with Crippen LogP contribution in [0.1, 0.15) is 26.7 Å². The predicted octanol–water partition coefficient (Wildman–Crippen LogP) is 2.68. The fourth-order valence-electron chi connectivity index (χ4n) is 0.341. The summed E-state index contributed by atoms with van der Waals surface area (Å²) in [7, 11) is 0. The fraction of sp³-hybridized carbons (Fsp3) is 1.00. The SMILES string of the molecule is CCCN=NCCC.Cl. The largest absolute Gasteiger partial charge is 0.194 e. The number of azo groups is 1. The molecule has 0 aromatic rings. The Morgan fingerprint density at radius 2 is 1.22 bits per heavy atom. The molecule has 0 saturated carbocycles. The summed E-state index contributed by atoms with van der Waals surface area (Å²) in [5.41, 5.74) is 0. The molecule has 0 aliphatic carbocycles. The van der Waals surface area contributed by atoms with Crippen LogP contribution in [-0.2, 0) is 0 Å². The molecule has 2 nitrogen and oxygen atoms in total. The van der Waals surface area contributed by atoms with E-state index in [2.05, 4.69) is 24.1 Å². The van der Waals surface area contributed by atoms with Crippen molar-refractivity contribution in [1.82, 2.24) is 0 Å². The highest BCUT2D eigenvalue weighted by molar-refractivity contribution is 5.85. The summed E-state index contributed by atoms with van der Waals surface area (Å²) in [6.45, 7) is 5.98. The van der Waals surface area contributed by atoms with Gasteiger partial charge < -0.3 is 0 Å². The van der Waals surface area contributed by atoms with Crippen LogP contribution in [0.4, 0.5) is 0 Å². The number of hydrogen-bond donors (Lipinski definition) is 0. The molecule has 0 N–H and O–H groups in total. The minimum Gasteiger partial charge on any atom is -0.194 e. The average molecular weight is 151 g/mol. The van der Waals surface area contributed by atoms with Gasteiger partial charge in [0.25, 0.3) is 0 Å².